The van der Waals surface area contributed by atoms with Crippen LogP contribution in [0.4, 0.5) is 4.79 Å². The smallest absolute Gasteiger partial charge is 0.772 e. The summed E-state index contributed by atoms with van der Waals surface area (Å²) in [6, 6.07) is 0. The largest absolute Gasteiger partial charge is 1.00 e. The molecule has 0 saturated carbocycles. The fourth-order valence-electron chi connectivity index (χ4n) is 1.38. The molecule has 0 spiro atoms. The second-order valence-electron chi connectivity index (χ2n) is 4.60. The molecular weight excluding hydrogens is 241 g/mol. The van der Waals surface area contributed by atoms with E-state index in [-0.39, 0.29) is 36.1 Å². The number of hydrogen-bond donors (Lipinski definition) is 0. The molecule has 88 valence electrons. The van der Waals surface area contributed by atoms with Gasteiger partial charge >= 0.3 is 35.7 Å². The minimum Gasteiger partial charge on any atom is -0.772 e. The zero-order valence-electron chi connectivity index (χ0n) is 10.2. The van der Waals surface area contributed by atoms with Gasteiger partial charge in [0.25, 0.3) is 0 Å². The van der Waals surface area contributed by atoms with Gasteiger partial charge in [0, 0.05) is 18.3 Å². The van der Waals surface area contributed by atoms with Crippen LogP contribution < -0.4 is 29.6 Å². The Morgan fingerprint density at radius 2 is 2.06 bits per heavy atom. The Morgan fingerprint density at radius 1 is 1.50 bits per heavy atom. The maximum atomic E-state index is 11.5. The van der Waals surface area contributed by atoms with Crippen LogP contribution in [-0.2, 0) is 15.8 Å². The minimum atomic E-state index is -2.10. The molecule has 1 saturated heterocycles. The Bertz CT molecular complexity index is 279. The van der Waals surface area contributed by atoms with Crippen molar-refractivity contribution >= 4 is 17.2 Å². The zero-order chi connectivity index (χ0) is 11.6. The predicted octanol–water partition coefficient (Wildman–Crippen LogP) is -2.12. The van der Waals surface area contributed by atoms with Crippen LogP contribution in [0.5, 0.6) is 0 Å². The SMILES string of the molecule is CC(C)(C)OC(=O)N1CC[C@@H](S(=O)[O-])C1.[Na+]. The summed E-state index contributed by atoms with van der Waals surface area (Å²) in [5.41, 5.74) is -0.536. The van der Waals surface area contributed by atoms with Crippen molar-refractivity contribution in [3.8, 4) is 0 Å². The van der Waals surface area contributed by atoms with Gasteiger partial charge in [-0.2, -0.15) is 0 Å². The average molecular weight is 257 g/mol. The van der Waals surface area contributed by atoms with Crippen LogP contribution in [0.25, 0.3) is 0 Å². The first-order chi connectivity index (χ1) is 6.79. The summed E-state index contributed by atoms with van der Waals surface area (Å²) in [4.78, 5) is 13.0. The molecule has 1 fully saturated rings. The molecule has 1 unspecified atom stereocenters. The molecule has 16 heavy (non-hydrogen) atoms. The van der Waals surface area contributed by atoms with E-state index in [9.17, 15) is 13.6 Å². The molecule has 2 atom stereocenters. The van der Waals surface area contributed by atoms with Crippen molar-refractivity contribution in [3.63, 3.8) is 0 Å². The van der Waals surface area contributed by atoms with Crippen LogP contribution in [0.2, 0.25) is 0 Å². The molecule has 1 amide bonds. The molecule has 1 aliphatic heterocycles. The Labute approximate surface area is 120 Å². The van der Waals surface area contributed by atoms with Gasteiger partial charge in [0.1, 0.15) is 5.60 Å². The first-order valence-corrected chi connectivity index (χ1v) is 5.99. The van der Waals surface area contributed by atoms with Crippen LogP contribution in [0, 0.1) is 0 Å². The first-order valence-electron chi connectivity index (χ1n) is 4.85. The van der Waals surface area contributed by atoms with Gasteiger partial charge in [-0.15, -0.1) is 0 Å². The van der Waals surface area contributed by atoms with Crippen LogP contribution in [-0.4, -0.2) is 43.7 Å². The average Bonchev–Trinajstić information content (AvgIpc) is 2.47. The van der Waals surface area contributed by atoms with E-state index in [1.54, 1.807) is 20.8 Å². The maximum absolute atomic E-state index is 11.5. The summed E-state index contributed by atoms with van der Waals surface area (Å²) in [6.45, 7) is 6.04. The molecule has 0 radical (unpaired) electrons. The summed E-state index contributed by atoms with van der Waals surface area (Å²) >= 11 is -2.10. The number of rotatable bonds is 1. The van der Waals surface area contributed by atoms with E-state index in [1.807, 2.05) is 0 Å². The van der Waals surface area contributed by atoms with Crippen LogP contribution in [0.1, 0.15) is 27.2 Å². The van der Waals surface area contributed by atoms with Gasteiger partial charge in [-0.05, 0) is 27.2 Å². The van der Waals surface area contributed by atoms with E-state index in [0.717, 1.165) is 0 Å². The van der Waals surface area contributed by atoms with Gasteiger partial charge < -0.3 is 14.2 Å². The Hall–Kier alpha value is 0.380. The van der Waals surface area contributed by atoms with Gasteiger partial charge in [0.15, 0.2) is 0 Å². The number of likely N-dealkylation sites (tertiary alicyclic amines) is 1. The van der Waals surface area contributed by atoms with Gasteiger partial charge in [-0.25, -0.2) is 4.79 Å². The summed E-state index contributed by atoms with van der Waals surface area (Å²) in [5.74, 6) is 0. The number of ether oxygens (including phenoxy) is 1. The van der Waals surface area contributed by atoms with Crippen LogP contribution >= 0.6 is 0 Å². The molecule has 0 bridgehead atoms. The van der Waals surface area contributed by atoms with Gasteiger partial charge in [-0.3, -0.25) is 4.21 Å². The van der Waals surface area contributed by atoms with E-state index in [1.165, 1.54) is 4.90 Å². The third-order valence-corrected chi connectivity index (χ3v) is 3.00. The second-order valence-corrected chi connectivity index (χ2v) is 5.79. The summed E-state index contributed by atoms with van der Waals surface area (Å²) in [6.07, 6.45) is 0.0606. The first kappa shape index (κ1) is 16.4. The van der Waals surface area contributed by atoms with Crippen molar-refractivity contribution in [1.82, 2.24) is 4.90 Å². The fraction of sp³-hybridized carbons (Fsp3) is 0.889. The molecule has 0 aliphatic carbocycles. The summed E-state index contributed by atoms with van der Waals surface area (Å²) in [5, 5.41) is -0.447. The molecular formula is C9H16NNaO4S. The molecule has 0 aromatic carbocycles. The van der Waals surface area contributed by atoms with E-state index in [4.69, 9.17) is 4.74 Å². The van der Waals surface area contributed by atoms with E-state index in [0.29, 0.717) is 13.0 Å². The number of carbonyl (C=O) groups excluding carboxylic acids is 1. The minimum absolute atomic E-state index is 0. The normalized spacial score (nSPS) is 22.5. The summed E-state index contributed by atoms with van der Waals surface area (Å²) in [7, 11) is 0. The second kappa shape index (κ2) is 6.35. The van der Waals surface area contributed by atoms with Crippen molar-refractivity contribution in [3.05, 3.63) is 0 Å². The third-order valence-electron chi connectivity index (χ3n) is 2.07. The molecule has 5 nitrogen and oxygen atoms in total. The van der Waals surface area contributed by atoms with Crippen molar-refractivity contribution in [2.45, 2.75) is 38.0 Å². The van der Waals surface area contributed by atoms with Crippen LogP contribution in [0.3, 0.4) is 0 Å². The molecule has 1 heterocycles. The Kier molecular flexibility index (Phi) is 6.50. The Balaban J connectivity index is 0.00000225. The molecule has 0 N–H and O–H groups in total. The number of hydrogen-bond acceptors (Lipinski definition) is 4. The van der Waals surface area contributed by atoms with E-state index < -0.39 is 28.0 Å². The molecule has 0 aromatic heterocycles. The standard InChI is InChI=1S/C9H17NO4S.Na/c1-9(2,3)14-8(11)10-5-4-7(6-10)15(12)13;/h7H,4-6H2,1-3H3,(H,12,13);/q;+1/p-1/t7-;/m1./s1. The molecule has 1 aliphatic rings. The van der Waals surface area contributed by atoms with Crippen LogP contribution in [0.15, 0.2) is 0 Å². The van der Waals surface area contributed by atoms with E-state index in [2.05, 4.69) is 0 Å². The molecule has 7 heteroatoms. The van der Waals surface area contributed by atoms with Crippen molar-refractivity contribution in [1.29, 1.82) is 0 Å². The fourth-order valence-corrected chi connectivity index (χ4v) is 1.98. The number of nitrogens with zero attached hydrogens (tertiary/aromatic N) is 1. The molecule has 0 aromatic rings. The van der Waals surface area contributed by atoms with E-state index >= 15 is 0 Å². The quantitative estimate of drug-likeness (QED) is 0.398. The van der Waals surface area contributed by atoms with Gasteiger partial charge in [-0.1, -0.05) is 11.1 Å². The number of carbonyl (C=O) groups is 1. The molecule has 1 rings (SSSR count). The summed E-state index contributed by atoms with van der Waals surface area (Å²) < 4.78 is 26.5. The topological polar surface area (TPSA) is 69.7 Å². The predicted molar refractivity (Wildman–Crippen MR) is 55.1 cm³/mol. The monoisotopic (exact) mass is 257 g/mol. The number of amides is 1. The zero-order valence-corrected chi connectivity index (χ0v) is 13.0. The van der Waals surface area contributed by atoms with Gasteiger partial charge in [0.05, 0.1) is 0 Å². The third kappa shape index (κ3) is 5.14. The van der Waals surface area contributed by atoms with Gasteiger partial charge in [0.2, 0.25) is 0 Å². The maximum Gasteiger partial charge on any atom is 1.00 e. The van der Waals surface area contributed by atoms with Crippen molar-refractivity contribution in [2.24, 2.45) is 0 Å². The van der Waals surface area contributed by atoms with Crippen molar-refractivity contribution in [2.75, 3.05) is 13.1 Å². The van der Waals surface area contributed by atoms with Crippen molar-refractivity contribution < 1.29 is 47.9 Å². The Morgan fingerprint density at radius 3 is 2.44 bits per heavy atom.